The number of hydrogen-bond acceptors (Lipinski definition) is 4. The van der Waals surface area contributed by atoms with Gasteiger partial charge in [0.1, 0.15) is 0 Å². The van der Waals surface area contributed by atoms with Gasteiger partial charge in [-0.15, -0.1) is 0 Å². The molecular formula is C26H21NO3. The SMILES string of the molecule is N#Cc1ccccc1-c1ccccc1C(=O)OCC(=O)c1ccc2c(c1)CCCC2. The number of nitrogens with zero attached hydrogens (tertiary/aromatic N) is 1. The molecule has 1 aliphatic rings. The number of esters is 1. The van der Waals surface area contributed by atoms with E-state index in [0.717, 1.165) is 19.3 Å². The van der Waals surface area contributed by atoms with E-state index in [1.54, 1.807) is 42.5 Å². The van der Waals surface area contributed by atoms with E-state index >= 15 is 0 Å². The van der Waals surface area contributed by atoms with Crippen LogP contribution in [-0.2, 0) is 17.6 Å². The summed E-state index contributed by atoms with van der Waals surface area (Å²) in [5.74, 6) is -0.795. The maximum absolute atomic E-state index is 12.7. The highest BCUT2D eigenvalue weighted by Gasteiger charge is 2.18. The van der Waals surface area contributed by atoms with Crippen molar-refractivity contribution in [2.45, 2.75) is 25.7 Å². The smallest absolute Gasteiger partial charge is 0.339 e. The summed E-state index contributed by atoms with van der Waals surface area (Å²) < 4.78 is 5.35. The van der Waals surface area contributed by atoms with Gasteiger partial charge in [0, 0.05) is 11.1 Å². The topological polar surface area (TPSA) is 67.2 Å². The number of Topliss-reactive ketones (excluding diaryl/α,β-unsaturated/α-hetero) is 1. The number of carbonyl (C=O) groups excluding carboxylic acids is 2. The van der Waals surface area contributed by atoms with Crippen LogP contribution in [0.2, 0.25) is 0 Å². The number of aryl methyl sites for hydroxylation is 2. The van der Waals surface area contributed by atoms with Crippen molar-refractivity contribution < 1.29 is 14.3 Å². The van der Waals surface area contributed by atoms with Crippen molar-refractivity contribution in [2.75, 3.05) is 6.61 Å². The Morgan fingerprint density at radius 3 is 2.37 bits per heavy atom. The van der Waals surface area contributed by atoms with Gasteiger partial charge in [0.15, 0.2) is 12.4 Å². The number of carbonyl (C=O) groups is 2. The Balaban J connectivity index is 1.51. The number of hydrogen-bond donors (Lipinski definition) is 0. The molecule has 4 heteroatoms. The third-order valence-corrected chi connectivity index (χ3v) is 5.49. The minimum atomic E-state index is -0.579. The van der Waals surface area contributed by atoms with Crippen molar-refractivity contribution in [3.8, 4) is 17.2 Å². The zero-order valence-electron chi connectivity index (χ0n) is 16.6. The molecule has 0 amide bonds. The molecule has 4 nitrogen and oxygen atoms in total. The van der Waals surface area contributed by atoms with E-state index in [1.165, 1.54) is 17.5 Å². The largest absolute Gasteiger partial charge is 0.454 e. The molecule has 0 heterocycles. The molecule has 0 fully saturated rings. The molecule has 0 unspecified atom stereocenters. The summed E-state index contributed by atoms with van der Waals surface area (Å²) in [5.41, 5.74) is 5.18. The second kappa shape index (κ2) is 8.75. The lowest BCUT2D eigenvalue weighted by molar-refractivity contribution is 0.0475. The second-order valence-electron chi connectivity index (χ2n) is 7.39. The minimum absolute atomic E-state index is 0.216. The molecule has 3 aromatic carbocycles. The summed E-state index contributed by atoms with van der Waals surface area (Å²) >= 11 is 0. The Morgan fingerprint density at radius 1 is 0.867 bits per heavy atom. The van der Waals surface area contributed by atoms with Gasteiger partial charge in [0.2, 0.25) is 0 Å². The monoisotopic (exact) mass is 395 g/mol. The van der Waals surface area contributed by atoms with Gasteiger partial charge >= 0.3 is 5.97 Å². The second-order valence-corrected chi connectivity index (χ2v) is 7.39. The zero-order chi connectivity index (χ0) is 20.9. The molecule has 0 radical (unpaired) electrons. The van der Waals surface area contributed by atoms with Crippen LogP contribution in [0.5, 0.6) is 0 Å². The number of rotatable bonds is 5. The highest BCUT2D eigenvalue weighted by atomic mass is 16.5. The summed E-state index contributed by atoms with van der Waals surface area (Å²) in [7, 11) is 0. The first-order valence-corrected chi connectivity index (χ1v) is 10.1. The van der Waals surface area contributed by atoms with Crippen molar-refractivity contribution in [1.29, 1.82) is 5.26 Å². The van der Waals surface area contributed by atoms with Gasteiger partial charge in [0.05, 0.1) is 17.2 Å². The van der Waals surface area contributed by atoms with Crippen molar-refractivity contribution >= 4 is 11.8 Å². The van der Waals surface area contributed by atoms with E-state index in [9.17, 15) is 14.9 Å². The molecule has 148 valence electrons. The van der Waals surface area contributed by atoms with Crippen LogP contribution in [0.1, 0.15) is 50.2 Å². The Hall–Kier alpha value is -3.71. The summed E-state index contributed by atoms with van der Waals surface area (Å²) in [6.07, 6.45) is 4.37. The highest BCUT2D eigenvalue weighted by molar-refractivity contribution is 6.02. The minimum Gasteiger partial charge on any atom is -0.454 e. The van der Waals surface area contributed by atoms with Crippen LogP contribution in [0.3, 0.4) is 0 Å². The first-order chi connectivity index (χ1) is 14.7. The first kappa shape index (κ1) is 19.6. The Bertz CT molecular complexity index is 1160. The molecule has 0 saturated heterocycles. The Labute approximate surface area is 175 Å². The molecule has 0 N–H and O–H groups in total. The third kappa shape index (κ3) is 4.01. The lowest BCUT2D eigenvalue weighted by Gasteiger charge is -2.16. The van der Waals surface area contributed by atoms with E-state index < -0.39 is 5.97 Å². The normalized spacial score (nSPS) is 12.5. The number of benzene rings is 3. The predicted molar refractivity (Wildman–Crippen MR) is 114 cm³/mol. The van der Waals surface area contributed by atoms with Crippen molar-refractivity contribution in [1.82, 2.24) is 0 Å². The van der Waals surface area contributed by atoms with Crippen LogP contribution < -0.4 is 0 Å². The number of ketones is 1. The summed E-state index contributed by atoms with van der Waals surface area (Å²) in [5, 5.41) is 9.38. The number of fused-ring (bicyclic) bond motifs is 1. The van der Waals surface area contributed by atoms with Gasteiger partial charge in [-0.1, -0.05) is 48.5 Å². The van der Waals surface area contributed by atoms with E-state index in [-0.39, 0.29) is 12.4 Å². The van der Waals surface area contributed by atoms with Crippen LogP contribution in [0, 0.1) is 11.3 Å². The number of nitriles is 1. The highest BCUT2D eigenvalue weighted by Crippen LogP contribution is 2.27. The summed E-state index contributed by atoms with van der Waals surface area (Å²) in [6, 6.07) is 22.0. The van der Waals surface area contributed by atoms with Crippen molar-refractivity contribution in [2.24, 2.45) is 0 Å². The molecule has 0 aromatic heterocycles. The summed E-state index contributed by atoms with van der Waals surface area (Å²) in [4.78, 5) is 25.4. The average molecular weight is 395 g/mol. The van der Waals surface area contributed by atoms with Crippen molar-refractivity contribution in [3.05, 3.63) is 94.5 Å². The van der Waals surface area contributed by atoms with Crippen LogP contribution in [0.15, 0.2) is 66.7 Å². The van der Waals surface area contributed by atoms with Gasteiger partial charge in [-0.05, 0) is 60.6 Å². The fourth-order valence-corrected chi connectivity index (χ4v) is 3.91. The molecule has 0 bridgehead atoms. The van der Waals surface area contributed by atoms with Gasteiger partial charge in [-0.25, -0.2) is 4.79 Å². The van der Waals surface area contributed by atoms with Crippen LogP contribution in [0.25, 0.3) is 11.1 Å². The average Bonchev–Trinajstić information content (AvgIpc) is 2.82. The van der Waals surface area contributed by atoms with E-state index in [1.807, 2.05) is 24.3 Å². The van der Waals surface area contributed by atoms with E-state index in [2.05, 4.69) is 6.07 Å². The predicted octanol–water partition coefficient (Wildman–Crippen LogP) is 5.14. The standard InChI is InChI=1S/C26H21NO3/c27-16-21-9-3-4-10-22(21)23-11-5-6-12-24(23)26(29)30-17-25(28)20-14-13-18-7-1-2-8-19(18)15-20/h3-6,9-15H,1-2,7-8,17H2. The van der Waals surface area contributed by atoms with Crippen molar-refractivity contribution in [3.63, 3.8) is 0 Å². The molecule has 1 aliphatic carbocycles. The molecule has 3 aromatic rings. The first-order valence-electron chi connectivity index (χ1n) is 10.1. The third-order valence-electron chi connectivity index (χ3n) is 5.49. The molecule has 0 atom stereocenters. The van der Waals surface area contributed by atoms with Gasteiger partial charge in [-0.2, -0.15) is 5.26 Å². The maximum atomic E-state index is 12.7. The molecule has 30 heavy (non-hydrogen) atoms. The van der Waals surface area contributed by atoms with Crippen LogP contribution in [0.4, 0.5) is 0 Å². The molecule has 4 rings (SSSR count). The van der Waals surface area contributed by atoms with E-state index in [0.29, 0.717) is 27.8 Å². The van der Waals surface area contributed by atoms with Gasteiger partial charge < -0.3 is 4.74 Å². The molecular weight excluding hydrogens is 374 g/mol. The molecule has 0 aliphatic heterocycles. The lowest BCUT2D eigenvalue weighted by Crippen LogP contribution is -2.16. The molecule has 0 saturated carbocycles. The van der Waals surface area contributed by atoms with Crippen LogP contribution >= 0.6 is 0 Å². The maximum Gasteiger partial charge on any atom is 0.339 e. The summed E-state index contributed by atoms with van der Waals surface area (Å²) in [6.45, 7) is -0.314. The number of ether oxygens (including phenoxy) is 1. The van der Waals surface area contributed by atoms with E-state index in [4.69, 9.17) is 4.74 Å². The fraction of sp³-hybridized carbons (Fsp3) is 0.192. The van der Waals surface area contributed by atoms with Gasteiger partial charge in [-0.3, -0.25) is 4.79 Å². The quantitative estimate of drug-likeness (QED) is 0.443. The van der Waals surface area contributed by atoms with Gasteiger partial charge in [0.25, 0.3) is 0 Å². The Kier molecular flexibility index (Phi) is 5.72. The molecule has 0 spiro atoms. The lowest BCUT2D eigenvalue weighted by atomic mass is 9.90. The fourth-order valence-electron chi connectivity index (χ4n) is 3.91. The Morgan fingerprint density at radius 2 is 1.57 bits per heavy atom. The zero-order valence-corrected chi connectivity index (χ0v) is 16.6. The van der Waals surface area contributed by atoms with Crippen LogP contribution in [-0.4, -0.2) is 18.4 Å².